The summed E-state index contributed by atoms with van der Waals surface area (Å²) in [6.07, 6.45) is 5.44. The van der Waals surface area contributed by atoms with E-state index in [2.05, 4.69) is 20.4 Å². The van der Waals surface area contributed by atoms with Gasteiger partial charge >= 0.3 is 0 Å². The van der Waals surface area contributed by atoms with Crippen molar-refractivity contribution in [1.82, 2.24) is 0 Å². The minimum atomic E-state index is -0.200. The van der Waals surface area contributed by atoms with Crippen LogP contribution in [-0.2, 0) is 5.41 Å². The first-order valence-electron chi connectivity index (χ1n) is 5.90. The lowest BCUT2D eigenvalue weighted by molar-refractivity contribution is 0.435. The van der Waals surface area contributed by atoms with Crippen molar-refractivity contribution in [2.45, 2.75) is 26.2 Å². The highest BCUT2D eigenvalue weighted by Gasteiger charge is 2.23. The molecule has 0 aliphatic rings. The van der Waals surface area contributed by atoms with Gasteiger partial charge in [0.15, 0.2) is 0 Å². The van der Waals surface area contributed by atoms with Crippen molar-refractivity contribution in [1.29, 1.82) is 0 Å². The van der Waals surface area contributed by atoms with Crippen LogP contribution in [-0.4, -0.2) is 10.2 Å². The lowest BCUT2D eigenvalue weighted by Gasteiger charge is -2.27. The molecule has 2 heteroatoms. The molecule has 0 atom stereocenters. The first kappa shape index (κ1) is 14.1. The highest BCUT2D eigenvalue weighted by Crippen LogP contribution is 2.33. The quantitative estimate of drug-likeness (QED) is 0.614. The van der Waals surface area contributed by atoms with Crippen molar-refractivity contribution in [3.63, 3.8) is 0 Å². The van der Waals surface area contributed by atoms with Crippen molar-refractivity contribution in [3.8, 4) is 5.75 Å². The summed E-state index contributed by atoms with van der Waals surface area (Å²) in [4.78, 5) is 0. The topological polar surface area (TPSA) is 40.5 Å². The number of hydrogen-bond acceptors (Lipinski definition) is 2. The summed E-state index contributed by atoms with van der Waals surface area (Å²) in [5.74, 6) is 0.298. The highest BCUT2D eigenvalue weighted by atomic mass is 16.3. The van der Waals surface area contributed by atoms with Crippen LogP contribution in [0.15, 0.2) is 60.4 Å². The number of phenolic OH excluding ortho intramolecular Hbond substituents is 1. The van der Waals surface area contributed by atoms with Crippen LogP contribution in [0, 0.1) is 0 Å². The predicted octanol–water partition coefficient (Wildman–Crippen LogP) is 4.24. The van der Waals surface area contributed by atoms with E-state index in [9.17, 15) is 5.11 Å². The number of aliphatic hydroxyl groups is 1. The number of allylic oxidation sites excluding steroid dienone is 4. The molecule has 0 radical (unpaired) electrons. The minimum absolute atomic E-state index is 0.0378. The van der Waals surface area contributed by atoms with Gasteiger partial charge in [0.1, 0.15) is 11.5 Å². The van der Waals surface area contributed by atoms with Crippen LogP contribution in [0.3, 0.4) is 0 Å². The fourth-order valence-corrected chi connectivity index (χ4v) is 1.90. The molecule has 0 aromatic heterocycles. The van der Waals surface area contributed by atoms with Gasteiger partial charge in [-0.3, -0.25) is 0 Å². The molecule has 0 unspecified atom stereocenters. The third-order valence-corrected chi connectivity index (χ3v) is 3.08. The van der Waals surface area contributed by atoms with Crippen LogP contribution in [0.1, 0.15) is 26.3 Å². The van der Waals surface area contributed by atoms with Gasteiger partial charge in [-0.1, -0.05) is 44.7 Å². The van der Waals surface area contributed by atoms with Crippen LogP contribution in [0.5, 0.6) is 5.75 Å². The van der Waals surface area contributed by atoms with Crippen molar-refractivity contribution in [2.24, 2.45) is 0 Å². The monoisotopic (exact) mass is 244 g/mol. The van der Waals surface area contributed by atoms with E-state index in [1.165, 1.54) is 0 Å². The van der Waals surface area contributed by atoms with Gasteiger partial charge in [-0.25, -0.2) is 0 Å². The molecule has 0 bridgehead atoms. The Morgan fingerprint density at radius 2 is 1.72 bits per heavy atom. The smallest absolute Gasteiger partial charge is 0.115 e. The van der Waals surface area contributed by atoms with E-state index in [0.29, 0.717) is 0 Å². The van der Waals surface area contributed by atoms with E-state index in [-0.39, 0.29) is 16.9 Å². The molecule has 0 aliphatic carbocycles. The summed E-state index contributed by atoms with van der Waals surface area (Å²) in [5.41, 5.74) is 1.97. The molecule has 0 fully saturated rings. The highest BCUT2D eigenvalue weighted by molar-refractivity contribution is 5.42. The SMILES string of the molecule is C=C(O)/C=C\C(=C/C)C(C)(C)c1ccc(O)cc1. The zero-order chi connectivity index (χ0) is 13.8. The second-order valence-corrected chi connectivity index (χ2v) is 4.74. The van der Waals surface area contributed by atoms with Crippen LogP contribution in [0.4, 0.5) is 0 Å². The molecule has 2 N–H and O–H groups in total. The standard InChI is InChI=1S/C16H20O2/c1-5-13(7-6-12(2)17)16(3,4)14-8-10-15(18)11-9-14/h5-11,17-18H,2H2,1,3-4H3/b7-6-,13-5+. The number of phenols is 1. The zero-order valence-electron chi connectivity index (χ0n) is 11.1. The summed E-state index contributed by atoms with van der Waals surface area (Å²) in [7, 11) is 0. The lowest BCUT2D eigenvalue weighted by Crippen LogP contribution is -2.19. The second-order valence-electron chi connectivity index (χ2n) is 4.74. The van der Waals surface area contributed by atoms with Gasteiger partial charge in [-0.05, 0) is 36.3 Å². The van der Waals surface area contributed by atoms with E-state index >= 15 is 0 Å². The molecule has 0 aliphatic heterocycles. The van der Waals surface area contributed by atoms with Crippen molar-refractivity contribution < 1.29 is 10.2 Å². The van der Waals surface area contributed by atoms with Crippen LogP contribution in [0.25, 0.3) is 0 Å². The van der Waals surface area contributed by atoms with E-state index in [1.807, 2.05) is 31.2 Å². The number of aliphatic hydroxyl groups excluding tert-OH is 1. The molecular formula is C16H20O2. The molecule has 0 saturated heterocycles. The van der Waals surface area contributed by atoms with Crippen LogP contribution in [0.2, 0.25) is 0 Å². The zero-order valence-corrected chi connectivity index (χ0v) is 11.1. The molecule has 0 saturated carbocycles. The van der Waals surface area contributed by atoms with Gasteiger partial charge in [0.25, 0.3) is 0 Å². The molecule has 1 aromatic carbocycles. The lowest BCUT2D eigenvalue weighted by atomic mass is 9.77. The fourth-order valence-electron chi connectivity index (χ4n) is 1.90. The Morgan fingerprint density at radius 1 is 1.17 bits per heavy atom. The third kappa shape index (κ3) is 3.27. The van der Waals surface area contributed by atoms with Gasteiger partial charge in [-0.15, -0.1) is 0 Å². The Kier molecular flexibility index (Phi) is 4.38. The van der Waals surface area contributed by atoms with E-state index < -0.39 is 0 Å². The summed E-state index contributed by atoms with van der Waals surface area (Å²) >= 11 is 0. The summed E-state index contributed by atoms with van der Waals surface area (Å²) in [5, 5.41) is 18.4. The van der Waals surface area contributed by atoms with Crippen molar-refractivity contribution >= 4 is 0 Å². The Labute approximate surface area is 109 Å². The Balaban J connectivity index is 3.10. The van der Waals surface area contributed by atoms with Gasteiger partial charge in [0.2, 0.25) is 0 Å². The molecular weight excluding hydrogens is 224 g/mol. The summed E-state index contributed by atoms with van der Waals surface area (Å²) in [6.45, 7) is 9.59. The average Bonchev–Trinajstić information content (AvgIpc) is 2.29. The third-order valence-electron chi connectivity index (χ3n) is 3.08. The molecule has 0 heterocycles. The van der Waals surface area contributed by atoms with Gasteiger partial charge in [-0.2, -0.15) is 0 Å². The molecule has 96 valence electrons. The second kappa shape index (κ2) is 5.58. The van der Waals surface area contributed by atoms with Gasteiger partial charge in [0, 0.05) is 5.41 Å². The molecule has 18 heavy (non-hydrogen) atoms. The van der Waals surface area contributed by atoms with E-state index in [0.717, 1.165) is 11.1 Å². The molecule has 0 amide bonds. The first-order valence-corrected chi connectivity index (χ1v) is 5.90. The van der Waals surface area contributed by atoms with Gasteiger partial charge in [0.05, 0.1) is 0 Å². The maximum absolute atomic E-state index is 9.32. The normalized spacial score (nSPS) is 12.9. The van der Waals surface area contributed by atoms with Crippen molar-refractivity contribution in [3.05, 3.63) is 66.0 Å². The number of benzene rings is 1. The molecule has 0 spiro atoms. The number of hydrogen-bond donors (Lipinski definition) is 2. The number of aromatic hydroxyl groups is 1. The van der Waals surface area contributed by atoms with E-state index in [1.54, 1.807) is 18.2 Å². The first-order chi connectivity index (χ1) is 8.37. The van der Waals surface area contributed by atoms with Gasteiger partial charge < -0.3 is 10.2 Å². The fraction of sp³-hybridized carbons (Fsp3) is 0.250. The summed E-state index contributed by atoms with van der Waals surface area (Å²) < 4.78 is 0. The van der Waals surface area contributed by atoms with Crippen LogP contribution < -0.4 is 0 Å². The molecule has 1 aromatic rings. The molecule has 2 nitrogen and oxygen atoms in total. The largest absolute Gasteiger partial charge is 0.509 e. The Bertz CT molecular complexity index is 476. The average molecular weight is 244 g/mol. The van der Waals surface area contributed by atoms with Crippen molar-refractivity contribution in [2.75, 3.05) is 0 Å². The maximum Gasteiger partial charge on any atom is 0.115 e. The summed E-state index contributed by atoms with van der Waals surface area (Å²) in [6, 6.07) is 7.17. The number of rotatable bonds is 4. The van der Waals surface area contributed by atoms with E-state index in [4.69, 9.17) is 5.11 Å². The maximum atomic E-state index is 9.32. The molecule has 1 rings (SSSR count). The predicted molar refractivity (Wildman–Crippen MR) is 75.8 cm³/mol. The minimum Gasteiger partial charge on any atom is -0.509 e. The Hall–Kier alpha value is -1.96. The Morgan fingerprint density at radius 3 is 2.17 bits per heavy atom. The van der Waals surface area contributed by atoms with Crippen LogP contribution >= 0.6 is 0 Å².